The van der Waals surface area contributed by atoms with Crippen LogP contribution in [0.25, 0.3) is 0 Å². The minimum atomic E-state index is -0.135. The Hall–Kier alpha value is -0.550. The van der Waals surface area contributed by atoms with Crippen LogP contribution in [-0.4, -0.2) is 23.3 Å². The van der Waals surface area contributed by atoms with Gasteiger partial charge in [-0.3, -0.25) is 4.79 Å². The fourth-order valence-corrected chi connectivity index (χ4v) is 1.66. The summed E-state index contributed by atoms with van der Waals surface area (Å²) in [5.41, 5.74) is 0.366. The van der Waals surface area contributed by atoms with Crippen molar-refractivity contribution in [2.24, 2.45) is 0 Å². The third-order valence-corrected chi connectivity index (χ3v) is 2.86. The van der Waals surface area contributed by atoms with E-state index in [4.69, 9.17) is 4.74 Å². The lowest BCUT2D eigenvalue weighted by Crippen LogP contribution is -2.03. The van der Waals surface area contributed by atoms with Crippen molar-refractivity contribution in [3.8, 4) is 11.5 Å². The number of carbonyl (C=O) groups is 1. The van der Waals surface area contributed by atoms with E-state index in [-0.39, 0.29) is 22.6 Å². The molecule has 1 N–H and O–H groups in total. The molecule has 3 nitrogen and oxygen atoms in total. The molecule has 76 valence electrons. The first kappa shape index (κ1) is 11.5. The van der Waals surface area contributed by atoms with Crippen LogP contribution in [0.4, 0.5) is 0 Å². The molecule has 1 rings (SSSR count). The number of ketones is 1. The van der Waals surface area contributed by atoms with Gasteiger partial charge in [0.1, 0.15) is 0 Å². The van der Waals surface area contributed by atoms with Crippen LogP contribution in [0.15, 0.2) is 16.6 Å². The largest absolute Gasteiger partial charge is 0.503 e. The number of hydrogen-bond donors (Lipinski definition) is 1. The summed E-state index contributed by atoms with van der Waals surface area (Å²) in [5.74, 6) is 0.00720. The van der Waals surface area contributed by atoms with Crippen molar-refractivity contribution in [2.45, 2.75) is 0 Å². The molecule has 0 amide bonds. The van der Waals surface area contributed by atoms with Crippen molar-refractivity contribution in [1.29, 1.82) is 0 Å². The highest BCUT2D eigenvalue weighted by molar-refractivity contribution is 9.10. The lowest BCUT2D eigenvalue weighted by molar-refractivity contribution is 0.102. The maximum atomic E-state index is 11.4. The van der Waals surface area contributed by atoms with Crippen LogP contribution in [-0.2, 0) is 0 Å². The molecule has 0 heterocycles. The van der Waals surface area contributed by atoms with Crippen LogP contribution in [0, 0.1) is 0 Å². The van der Waals surface area contributed by atoms with Crippen LogP contribution in [0.3, 0.4) is 0 Å². The zero-order valence-corrected chi connectivity index (χ0v) is 10.6. The van der Waals surface area contributed by atoms with Crippen molar-refractivity contribution in [3.63, 3.8) is 0 Å². The lowest BCUT2D eigenvalue weighted by Gasteiger charge is -2.09. The Balaban J connectivity index is 3.31. The van der Waals surface area contributed by atoms with E-state index < -0.39 is 0 Å². The van der Waals surface area contributed by atoms with Gasteiger partial charge >= 0.3 is 0 Å². The number of phenols is 1. The number of carbonyl (C=O) groups excluding carboxylic acids is 1. The van der Waals surface area contributed by atoms with Gasteiger partial charge in [0, 0.05) is 0 Å². The molecule has 14 heavy (non-hydrogen) atoms. The van der Waals surface area contributed by atoms with E-state index in [2.05, 4.69) is 31.9 Å². The minimum absolute atomic E-state index is 0.0562. The van der Waals surface area contributed by atoms with Crippen LogP contribution >= 0.6 is 31.9 Å². The SMILES string of the molecule is COc1c(C(=O)CBr)ccc(Br)c1O. The van der Waals surface area contributed by atoms with Crippen LogP contribution in [0.2, 0.25) is 0 Å². The van der Waals surface area contributed by atoms with Gasteiger partial charge in [0.25, 0.3) is 0 Å². The maximum absolute atomic E-state index is 11.4. The van der Waals surface area contributed by atoms with E-state index in [0.717, 1.165) is 0 Å². The van der Waals surface area contributed by atoms with E-state index in [1.54, 1.807) is 12.1 Å². The highest BCUT2D eigenvalue weighted by atomic mass is 79.9. The Kier molecular flexibility index (Phi) is 3.95. The molecule has 0 saturated heterocycles. The first-order valence-electron chi connectivity index (χ1n) is 3.76. The van der Waals surface area contributed by atoms with Gasteiger partial charge in [0.2, 0.25) is 0 Å². The van der Waals surface area contributed by atoms with Crippen LogP contribution < -0.4 is 4.74 Å². The van der Waals surface area contributed by atoms with Gasteiger partial charge in [-0.2, -0.15) is 0 Å². The summed E-state index contributed by atoms with van der Waals surface area (Å²) in [4.78, 5) is 11.4. The molecule has 0 aliphatic carbocycles. The molecule has 0 bridgehead atoms. The molecule has 0 aliphatic rings. The van der Waals surface area contributed by atoms with Crippen molar-refractivity contribution < 1.29 is 14.6 Å². The fraction of sp³-hybridized carbons (Fsp3) is 0.222. The van der Waals surface area contributed by atoms with E-state index in [1.165, 1.54) is 7.11 Å². The van der Waals surface area contributed by atoms with E-state index >= 15 is 0 Å². The van der Waals surface area contributed by atoms with Gasteiger partial charge < -0.3 is 9.84 Å². The molecule has 5 heteroatoms. The predicted molar refractivity (Wildman–Crippen MR) is 60.5 cm³/mol. The molecule has 0 aromatic heterocycles. The quantitative estimate of drug-likeness (QED) is 0.687. The van der Waals surface area contributed by atoms with Crippen LogP contribution in [0.1, 0.15) is 10.4 Å². The monoisotopic (exact) mass is 322 g/mol. The molecule has 1 aromatic carbocycles. The minimum Gasteiger partial charge on any atom is -0.503 e. The fourth-order valence-electron chi connectivity index (χ4n) is 1.05. The predicted octanol–water partition coefficient (Wildman–Crippen LogP) is 2.74. The number of benzene rings is 1. The lowest BCUT2D eigenvalue weighted by atomic mass is 10.1. The van der Waals surface area contributed by atoms with Crippen molar-refractivity contribution >= 4 is 37.6 Å². The van der Waals surface area contributed by atoms with E-state index in [1.807, 2.05) is 0 Å². The zero-order valence-electron chi connectivity index (χ0n) is 7.38. The maximum Gasteiger partial charge on any atom is 0.177 e. The Labute approximate surface area is 98.3 Å². The summed E-state index contributed by atoms with van der Waals surface area (Å²) in [6.45, 7) is 0. The second kappa shape index (κ2) is 4.79. The molecule has 0 spiro atoms. The second-order valence-corrected chi connectivity index (χ2v) is 3.95. The average Bonchev–Trinajstić information content (AvgIpc) is 2.20. The Morgan fingerprint density at radius 3 is 2.71 bits per heavy atom. The topological polar surface area (TPSA) is 46.5 Å². The highest BCUT2D eigenvalue weighted by Crippen LogP contribution is 2.37. The highest BCUT2D eigenvalue weighted by Gasteiger charge is 2.16. The van der Waals surface area contributed by atoms with E-state index in [0.29, 0.717) is 10.0 Å². The summed E-state index contributed by atoms with van der Waals surface area (Å²) < 4.78 is 5.46. The van der Waals surface area contributed by atoms with Gasteiger partial charge in [-0.05, 0) is 28.1 Å². The normalized spacial score (nSPS) is 9.93. The number of phenolic OH excluding ortho intramolecular Hbond substituents is 1. The third kappa shape index (κ3) is 2.09. The number of alkyl halides is 1. The van der Waals surface area contributed by atoms with Crippen molar-refractivity contribution in [3.05, 3.63) is 22.2 Å². The van der Waals surface area contributed by atoms with E-state index in [9.17, 15) is 9.90 Å². The molecular formula is C9H8Br2O3. The van der Waals surface area contributed by atoms with Crippen LogP contribution in [0.5, 0.6) is 11.5 Å². The van der Waals surface area contributed by atoms with Gasteiger partial charge in [0.05, 0.1) is 22.5 Å². The summed E-state index contributed by atoms with van der Waals surface area (Å²) in [7, 11) is 1.41. The number of halogens is 2. The summed E-state index contributed by atoms with van der Waals surface area (Å²) in [5, 5.41) is 9.78. The number of methoxy groups -OCH3 is 1. The smallest absolute Gasteiger partial charge is 0.177 e. The molecular weight excluding hydrogens is 316 g/mol. The van der Waals surface area contributed by atoms with Gasteiger partial charge in [-0.1, -0.05) is 15.9 Å². The molecule has 0 unspecified atom stereocenters. The summed E-state index contributed by atoms with van der Waals surface area (Å²) in [6, 6.07) is 3.21. The molecule has 1 aromatic rings. The summed E-state index contributed by atoms with van der Waals surface area (Å²) in [6.07, 6.45) is 0. The number of ether oxygens (including phenoxy) is 1. The van der Waals surface area contributed by atoms with Crippen molar-refractivity contribution in [2.75, 3.05) is 12.4 Å². The molecule has 0 saturated carbocycles. The van der Waals surface area contributed by atoms with Crippen molar-refractivity contribution in [1.82, 2.24) is 0 Å². The first-order chi connectivity index (χ1) is 6.61. The molecule has 0 aliphatic heterocycles. The molecule has 0 atom stereocenters. The number of hydrogen-bond acceptors (Lipinski definition) is 3. The standard InChI is InChI=1S/C9H8Br2O3/c1-14-9-5(7(12)4-10)2-3-6(11)8(9)13/h2-3,13H,4H2,1H3. The van der Waals surface area contributed by atoms with Gasteiger partial charge in [-0.15, -0.1) is 0 Å². The van der Waals surface area contributed by atoms with Gasteiger partial charge in [-0.25, -0.2) is 0 Å². The number of aromatic hydroxyl groups is 1. The Morgan fingerprint density at radius 2 is 2.21 bits per heavy atom. The second-order valence-electron chi connectivity index (χ2n) is 2.53. The average molecular weight is 324 g/mol. The Morgan fingerprint density at radius 1 is 1.57 bits per heavy atom. The Bertz CT molecular complexity index is 363. The van der Waals surface area contributed by atoms with Gasteiger partial charge in [0.15, 0.2) is 17.3 Å². The number of rotatable bonds is 3. The number of Topliss-reactive ketones (excluding diaryl/α,β-unsaturated/α-hetero) is 1. The third-order valence-electron chi connectivity index (χ3n) is 1.71. The zero-order chi connectivity index (χ0) is 10.7. The first-order valence-corrected chi connectivity index (χ1v) is 5.68. The molecule has 0 fully saturated rings. The summed E-state index contributed by atoms with van der Waals surface area (Å²) >= 11 is 6.20. The molecule has 0 radical (unpaired) electrons.